The van der Waals surface area contributed by atoms with Gasteiger partial charge in [-0.2, -0.15) is 0 Å². The predicted octanol–water partition coefficient (Wildman–Crippen LogP) is 1.46. The summed E-state index contributed by atoms with van der Waals surface area (Å²) >= 11 is 1.17. The number of hydrogen-bond donors (Lipinski definition) is 3. The molecule has 1 fully saturated rings. The summed E-state index contributed by atoms with van der Waals surface area (Å²) in [6.45, 7) is 1.78. The van der Waals surface area contributed by atoms with Gasteiger partial charge in [0, 0.05) is 11.5 Å². The number of tetrazole rings is 1. The van der Waals surface area contributed by atoms with Crippen molar-refractivity contribution in [2.45, 2.75) is 19.8 Å². The minimum absolute atomic E-state index is 0.0170. The molecule has 0 bridgehead atoms. The lowest BCUT2D eigenvalue weighted by molar-refractivity contribution is -0.117. The van der Waals surface area contributed by atoms with Gasteiger partial charge in [0.25, 0.3) is 11.8 Å². The molecule has 4 rings (SSSR count). The van der Waals surface area contributed by atoms with Crippen LogP contribution in [-0.2, 0) is 4.79 Å². The maximum Gasteiger partial charge on any atom is 0.280 e. The van der Waals surface area contributed by atoms with Crippen molar-refractivity contribution < 1.29 is 14.4 Å². The maximum absolute atomic E-state index is 12.4. The molecule has 1 aliphatic carbocycles. The van der Waals surface area contributed by atoms with Crippen LogP contribution in [0, 0.1) is 12.8 Å². The van der Waals surface area contributed by atoms with E-state index in [2.05, 4.69) is 31.7 Å². The molecule has 2 heterocycles. The predicted molar refractivity (Wildman–Crippen MR) is 104 cm³/mol. The van der Waals surface area contributed by atoms with Crippen molar-refractivity contribution in [1.29, 1.82) is 0 Å². The molecule has 11 heteroatoms. The summed E-state index contributed by atoms with van der Waals surface area (Å²) in [4.78, 5) is 37.0. The number of hydrazine groups is 1. The van der Waals surface area contributed by atoms with Gasteiger partial charge in [-0.1, -0.05) is 0 Å². The van der Waals surface area contributed by atoms with E-state index in [0.29, 0.717) is 21.1 Å². The molecule has 3 N–H and O–H groups in total. The summed E-state index contributed by atoms with van der Waals surface area (Å²) in [6.07, 6.45) is 3.26. The van der Waals surface area contributed by atoms with Crippen LogP contribution in [0.1, 0.15) is 38.4 Å². The number of benzene rings is 1. The van der Waals surface area contributed by atoms with E-state index in [1.807, 2.05) is 0 Å². The van der Waals surface area contributed by atoms with Gasteiger partial charge in [0.05, 0.1) is 15.6 Å². The summed E-state index contributed by atoms with van der Waals surface area (Å²) in [6, 6.07) is 8.32. The van der Waals surface area contributed by atoms with Crippen molar-refractivity contribution >= 4 is 34.1 Å². The highest BCUT2D eigenvalue weighted by atomic mass is 32.1. The van der Waals surface area contributed by atoms with Crippen LogP contribution in [0.3, 0.4) is 0 Å². The third-order valence-corrected chi connectivity index (χ3v) is 5.50. The Hall–Kier alpha value is -3.60. The smallest absolute Gasteiger partial charge is 0.280 e. The van der Waals surface area contributed by atoms with E-state index in [-0.39, 0.29) is 11.8 Å². The summed E-state index contributed by atoms with van der Waals surface area (Å²) < 4.78 is 1.46. The Kier molecular flexibility index (Phi) is 5.04. The first-order chi connectivity index (χ1) is 14.0. The highest BCUT2D eigenvalue weighted by molar-refractivity contribution is 7.18. The van der Waals surface area contributed by atoms with Crippen LogP contribution >= 0.6 is 11.3 Å². The number of amides is 3. The average molecular weight is 411 g/mol. The Morgan fingerprint density at radius 1 is 1.10 bits per heavy atom. The molecule has 3 aromatic rings. The minimum Gasteiger partial charge on any atom is -0.317 e. The largest absolute Gasteiger partial charge is 0.317 e. The molecule has 0 radical (unpaired) electrons. The van der Waals surface area contributed by atoms with Crippen LogP contribution in [0.2, 0.25) is 0 Å². The van der Waals surface area contributed by atoms with Gasteiger partial charge < -0.3 is 5.32 Å². The first-order valence-electron chi connectivity index (χ1n) is 8.86. The second-order valence-corrected chi connectivity index (χ2v) is 7.65. The third-order valence-electron chi connectivity index (χ3n) is 4.35. The second-order valence-electron chi connectivity index (χ2n) is 6.60. The maximum atomic E-state index is 12.4. The minimum atomic E-state index is -0.460. The zero-order valence-electron chi connectivity index (χ0n) is 15.4. The Balaban J connectivity index is 1.34. The van der Waals surface area contributed by atoms with E-state index in [9.17, 15) is 14.4 Å². The summed E-state index contributed by atoms with van der Waals surface area (Å²) in [5.41, 5.74) is 6.58. The number of anilines is 1. The van der Waals surface area contributed by atoms with Crippen LogP contribution < -0.4 is 16.2 Å². The Bertz CT molecular complexity index is 1060. The van der Waals surface area contributed by atoms with Crippen molar-refractivity contribution in [3.8, 4) is 5.69 Å². The van der Waals surface area contributed by atoms with E-state index >= 15 is 0 Å². The summed E-state index contributed by atoms with van der Waals surface area (Å²) in [7, 11) is 0. The van der Waals surface area contributed by atoms with E-state index in [4.69, 9.17) is 0 Å². The van der Waals surface area contributed by atoms with Crippen LogP contribution in [0.15, 0.2) is 36.7 Å². The van der Waals surface area contributed by atoms with Crippen molar-refractivity contribution in [1.82, 2.24) is 31.1 Å². The fourth-order valence-electron chi connectivity index (χ4n) is 2.63. The van der Waals surface area contributed by atoms with Gasteiger partial charge in [-0.05, 0) is 66.1 Å². The second kappa shape index (κ2) is 7.80. The molecule has 29 heavy (non-hydrogen) atoms. The average Bonchev–Trinajstić information content (AvgIpc) is 3.31. The van der Waals surface area contributed by atoms with Gasteiger partial charge in [-0.3, -0.25) is 25.2 Å². The third kappa shape index (κ3) is 4.29. The Labute approximate surface area is 169 Å². The number of carbonyl (C=O) groups excluding carboxylic acids is 3. The molecule has 0 unspecified atom stereocenters. The SMILES string of the molecule is Cc1cc(NC(=O)C2CC2)sc1C(=O)NNC(=O)c1ccc(-n2cnnn2)cc1. The molecule has 3 amide bonds. The first-order valence-corrected chi connectivity index (χ1v) is 9.68. The standard InChI is InChI=1S/C18H17N7O3S/c1-10-8-14(20-16(26)11-2-3-11)29-15(10)18(28)22-21-17(27)12-4-6-13(7-5-12)25-9-19-23-24-25/h4-9,11H,2-3H2,1H3,(H,20,26)(H,21,27)(H,22,28). The highest BCUT2D eigenvalue weighted by Gasteiger charge is 2.30. The number of thiophene rings is 1. The fourth-order valence-corrected chi connectivity index (χ4v) is 3.60. The molecule has 1 aliphatic rings. The number of nitrogens with one attached hydrogen (secondary N) is 3. The molecular weight excluding hydrogens is 394 g/mol. The molecule has 2 aromatic heterocycles. The van der Waals surface area contributed by atoms with Crippen molar-refractivity contribution in [2.75, 3.05) is 5.32 Å². The van der Waals surface area contributed by atoms with Gasteiger partial charge in [0.15, 0.2) is 0 Å². The van der Waals surface area contributed by atoms with E-state index in [1.165, 1.54) is 22.3 Å². The molecular formula is C18H17N7O3S. The van der Waals surface area contributed by atoms with Crippen LogP contribution in [0.5, 0.6) is 0 Å². The molecule has 0 atom stereocenters. The van der Waals surface area contributed by atoms with E-state index in [0.717, 1.165) is 18.4 Å². The van der Waals surface area contributed by atoms with E-state index in [1.54, 1.807) is 37.3 Å². The van der Waals surface area contributed by atoms with Gasteiger partial charge in [0.2, 0.25) is 5.91 Å². The molecule has 1 saturated carbocycles. The number of nitrogens with zero attached hydrogens (tertiary/aromatic N) is 4. The lowest BCUT2D eigenvalue weighted by Crippen LogP contribution is -2.41. The topological polar surface area (TPSA) is 131 Å². The molecule has 0 saturated heterocycles. The van der Waals surface area contributed by atoms with Crippen LogP contribution in [-0.4, -0.2) is 37.9 Å². The lowest BCUT2D eigenvalue weighted by atomic mass is 10.2. The fraction of sp³-hybridized carbons (Fsp3) is 0.222. The molecule has 148 valence electrons. The normalized spacial score (nSPS) is 13.0. The van der Waals surface area contributed by atoms with Gasteiger partial charge in [0.1, 0.15) is 6.33 Å². The Morgan fingerprint density at radius 2 is 1.83 bits per heavy atom. The zero-order chi connectivity index (χ0) is 20.4. The summed E-state index contributed by atoms with van der Waals surface area (Å²) in [5, 5.41) is 14.3. The number of rotatable bonds is 5. The highest BCUT2D eigenvalue weighted by Crippen LogP contribution is 2.32. The van der Waals surface area contributed by atoms with Crippen LogP contribution in [0.25, 0.3) is 5.69 Å². The van der Waals surface area contributed by atoms with Crippen molar-refractivity contribution in [2.24, 2.45) is 5.92 Å². The van der Waals surface area contributed by atoms with Gasteiger partial charge >= 0.3 is 0 Å². The quantitative estimate of drug-likeness (QED) is 0.545. The van der Waals surface area contributed by atoms with Gasteiger partial charge in [-0.25, -0.2) is 4.68 Å². The lowest BCUT2D eigenvalue weighted by Gasteiger charge is -2.07. The molecule has 0 aliphatic heterocycles. The Morgan fingerprint density at radius 3 is 2.48 bits per heavy atom. The first kappa shape index (κ1) is 18.7. The summed E-state index contributed by atoms with van der Waals surface area (Å²) in [5.74, 6) is -0.839. The van der Waals surface area contributed by atoms with Crippen molar-refractivity contribution in [3.63, 3.8) is 0 Å². The number of aromatic nitrogens is 4. The molecule has 0 spiro atoms. The monoisotopic (exact) mass is 411 g/mol. The number of hydrogen-bond acceptors (Lipinski definition) is 7. The van der Waals surface area contributed by atoms with E-state index < -0.39 is 11.8 Å². The zero-order valence-corrected chi connectivity index (χ0v) is 16.2. The molecule has 1 aromatic carbocycles. The van der Waals surface area contributed by atoms with Gasteiger partial charge in [-0.15, -0.1) is 16.4 Å². The van der Waals surface area contributed by atoms with Crippen molar-refractivity contribution in [3.05, 3.63) is 52.7 Å². The van der Waals surface area contributed by atoms with Crippen LogP contribution in [0.4, 0.5) is 5.00 Å². The number of carbonyl (C=O) groups is 3. The molecule has 10 nitrogen and oxygen atoms in total. The number of aryl methyl sites for hydroxylation is 1.